The predicted molar refractivity (Wildman–Crippen MR) is 67.1 cm³/mol. The Labute approximate surface area is 106 Å². The van der Waals surface area contributed by atoms with Gasteiger partial charge in [0.25, 0.3) is 0 Å². The number of pyridine rings is 1. The minimum atomic E-state index is -0.533. The van der Waals surface area contributed by atoms with Crippen molar-refractivity contribution in [3.05, 3.63) is 29.8 Å². The van der Waals surface area contributed by atoms with Gasteiger partial charge in [-0.25, -0.2) is 4.39 Å². The molecule has 2 heterocycles. The summed E-state index contributed by atoms with van der Waals surface area (Å²) in [6.45, 7) is 2.78. The average molecular weight is 251 g/mol. The topological polar surface area (TPSA) is 36.4 Å². The second kappa shape index (κ2) is 5.54. The smallest absolute Gasteiger partial charge is 0.167 e. The number of Topliss-reactive ketones (excluding diaryl/α,β-unsaturated/α-hetero) is 1. The van der Waals surface area contributed by atoms with Crippen molar-refractivity contribution in [2.75, 3.05) is 33.7 Å². The first-order chi connectivity index (χ1) is 8.58. The normalized spacial score (nSPS) is 22.1. The zero-order valence-electron chi connectivity index (χ0n) is 10.8. The van der Waals surface area contributed by atoms with Gasteiger partial charge in [0.05, 0.1) is 11.8 Å². The SMILES string of the molecule is CN1CCN(C)C(CC(=O)c2ccncc2F)C1. The number of piperazine rings is 1. The third kappa shape index (κ3) is 2.91. The second-order valence-corrected chi connectivity index (χ2v) is 4.88. The van der Waals surface area contributed by atoms with Crippen molar-refractivity contribution < 1.29 is 9.18 Å². The molecule has 18 heavy (non-hydrogen) atoms. The van der Waals surface area contributed by atoms with E-state index in [1.807, 2.05) is 14.1 Å². The Kier molecular flexibility index (Phi) is 4.04. The van der Waals surface area contributed by atoms with E-state index in [4.69, 9.17) is 0 Å². The Morgan fingerprint density at radius 1 is 1.50 bits per heavy atom. The summed E-state index contributed by atoms with van der Waals surface area (Å²) < 4.78 is 13.5. The summed E-state index contributed by atoms with van der Waals surface area (Å²) in [5, 5.41) is 0. The summed E-state index contributed by atoms with van der Waals surface area (Å²) in [6, 6.07) is 1.60. The van der Waals surface area contributed by atoms with Gasteiger partial charge in [-0.3, -0.25) is 9.78 Å². The molecule has 4 nitrogen and oxygen atoms in total. The summed E-state index contributed by atoms with van der Waals surface area (Å²) in [6.07, 6.45) is 2.89. The Hall–Kier alpha value is -1.33. The zero-order valence-corrected chi connectivity index (χ0v) is 10.8. The van der Waals surface area contributed by atoms with E-state index in [1.165, 1.54) is 12.3 Å². The molecule has 0 bridgehead atoms. The van der Waals surface area contributed by atoms with E-state index in [9.17, 15) is 9.18 Å². The lowest BCUT2D eigenvalue weighted by atomic mass is 10.0. The van der Waals surface area contributed by atoms with Crippen LogP contribution in [0.2, 0.25) is 0 Å². The number of halogens is 1. The van der Waals surface area contributed by atoms with Crippen molar-refractivity contribution in [1.29, 1.82) is 0 Å². The van der Waals surface area contributed by atoms with Gasteiger partial charge in [-0.1, -0.05) is 0 Å². The molecule has 0 N–H and O–H groups in total. The number of likely N-dealkylation sites (N-methyl/N-ethyl adjacent to an activating group) is 2. The summed E-state index contributed by atoms with van der Waals surface area (Å²) >= 11 is 0. The van der Waals surface area contributed by atoms with Gasteiger partial charge < -0.3 is 9.80 Å². The van der Waals surface area contributed by atoms with Crippen molar-refractivity contribution in [3.8, 4) is 0 Å². The number of rotatable bonds is 3. The molecule has 98 valence electrons. The van der Waals surface area contributed by atoms with Gasteiger partial charge in [0.1, 0.15) is 0 Å². The van der Waals surface area contributed by atoms with Crippen LogP contribution in [0.25, 0.3) is 0 Å². The molecule has 5 heteroatoms. The minimum Gasteiger partial charge on any atom is -0.304 e. The quantitative estimate of drug-likeness (QED) is 0.752. The average Bonchev–Trinajstić information content (AvgIpc) is 2.34. The molecule has 1 saturated heterocycles. The van der Waals surface area contributed by atoms with Crippen LogP contribution in [0.3, 0.4) is 0 Å². The van der Waals surface area contributed by atoms with Crippen molar-refractivity contribution in [2.24, 2.45) is 0 Å². The highest BCUT2D eigenvalue weighted by atomic mass is 19.1. The zero-order chi connectivity index (χ0) is 13.1. The molecule has 0 amide bonds. The maximum atomic E-state index is 13.5. The van der Waals surface area contributed by atoms with E-state index < -0.39 is 5.82 Å². The maximum absolute atomic E-state index is 13.5. The number of hydrogen-bond donors (Lipinski definition) is 0. The van der Waals surface area contributed by atoms with Crippen LogP contribution in [0.5, 0.6) is 0 Å². The van der Waals surface area contributed by atoms with Crippen LogP contribution in [0.15, 0.2) is 18.5 Å². The Morgan fingerprint density at radius 3 is 3.00 bits per heavy atom. The molecule has 0 aromatic carbocycles. The van der Waals surface area contributed by atoms with Gasteiger partial charge in [0.2, 0.25) is 0 Å². The van der Waals surface area contributed by atoms with Crippen molar-refractivity contribution >= 4 is 5.78 Å². The van der Waals surface area contributed by atoms with Gasteiger partial charge >= 0.3 is 0 Å². The first kappa shape index (κ1) is 13.1. The largest absolute Gasteiger partial charge is 0.304 e. The second-order valence-electron chi connectivity index (χ2n) is 4.88. The molecular weight excluding hydrogens is 233 g/mol. The Bertz CT molecular complexity index is 438. The number of carbonyl (C=O) groups is 1. The Balaban J connectivity index is 2.05. The minimum absolute atomic E-state index is 0.145. The van der Waals surface area contributed by atoms with Gasteiger partial charge in [0, 0.05) is 38.3 Å². The number of ketones is 1. The van der Waals surface area contributed by atoms with Crippen LogP contribution in [0, 0.1) is 5.82 Å². The molecule has 0 spiro atoms. The molecule has 1 aromatic heterocycles. The van der Waals surface area contributed by atoms with Gasteiger partial charge in [-0.15, -0.1) is 0 Å². The first-order valence-electron chi connectivity index (χ1n) is 6.09. The lowest BCUT2D eigenvalue weighted by Gasteiger charge is -2.37. The van der Waals surface area contributed by atoms with E-state index in [0.29, 0.717) is 6.42 Å². The molecule has 0 radical (unpaired) electrons. The summed E-state index contributed by atoms with van der Waals surface area (Å²) in [5.74, 6) is -0.684. The fraction of sp³-hybridized carbons (Fsp3) is 0.538. The molecule has 1 atom stereocenters. The molecule has 2 rings (SSSR count). The number of hydrogen-bond acceptors (Lipinski definition) is 4. The molecule has 1 unspecified atom stereocenters. The molecule has 1 aliphatic heterocycles. The van der Waals surface area contributed by atoms with E-state index in [0.717, 1.165) is 25.8 Å². The van der Waals surface area contributed by atoms with Crippen LogP contribution in [-0.4, -0.2) is 60.3 Å². The highest BCUT2D eigenvalue weighted by Crippen LogP contribution is 2.15. The van der Waals surface area contributed by atoms with Crippen LogP contribution in [-0.2, 0) is 0 Å². The van der Waals surface area contributed by atoms with Crippen LogP contribution in [0.4, 0.5) is 4.39 Å². The first-order valence-corrected chi connectivity index (χ1v) is 6.09. The summed E-state index contributed by atoms with van der Waals surface area (Å²) in [4.78, 5) is 20.1. The molecule has 0 saturated carbocycles. The van der Waals surface area contributed by atoms with Crippen LogP contribution in [0.1, 0.15) is 16.8 Å². The van der Waals surface area contributed by atoms with Gasteiger partial charge in [0.15, 0.2) is 11.6 Å². The van der Waals surface area contributed by atoms with Gasteiger partial charge in [-0.05, 0) is 20.2 Å². The van der Waals surface area contributed by atoms with Crippen molar-refractivity contribution in [2.45, 2.75) is 12.5 Å². The van der Waals surface area contributed by atoms with Gasteiger partial charge in [-0.2, -0.15) is 0 Å². The Morgan fingerprint density at radius 2 is 2.28 bits per heavy atom. The number of carbonyl (C=O) groups excluding carboxylic acids is 1. The summed E-state index contributed by atoms with van der Waals surface area (Å²) in [5.41, 5.74) is 0.145. The number of aromatic nitrogens is 1. The van der Waals surface area contributed by atoms with Crippen molar-refractivity contribution in [3.63, 3.8) is 0 Å². The predicted octanol–water partition coefficient (Wildman–Crippen LogP) is 1.04. The lowest BCUT2D eigenvalue weighted by Crippen LogP contribution is -2.50. The monoisotopic (exact) mass is 251 g/mol. The highest BCUT2D eigenvalue weighted by molar-refractivity contribution is 5.96. The van der Waals surface area contributed by atoms with Crippen LogP contribution < -0.4 is 0 Å². The van der Waals surface area contributed by atoms with E-state index >= 15 is 0 Å². The molecule has 1 aromatic rings. The fourth-order valence-electron chi connectivity index (χ4n) is 2.25. The maximum Gasteiger partial charge on any atom is 0.167 e. The fourth-order valence-corrected chi connectivity index (χ4v) is 2.25. The third-order valence-corrected chi connectivity index (χ3v) is 3.47. The van der Waals surface area contributed by atoms with Crippen LogP contribution >= 0.6 is 0 Å². The molecule has 1 fully saturated rings. The number of nitrogens with zero attached hydrogens (tertiary/aromatic N) is 3. The highest BCUT2D eigenvalue weighted by Gasteiger charge is 2.25. The molecule has 0 aliphatic carbocycles. The standard InChI is InChI=1S/C13H18FN3O/c1-16-5-6-17(2)10(9-16)7-13(18)11-3-4-15-8-12(11)14/h3-4,8,10H,5-7,9H2,1-2H3. The lowest BCUT2D eigenvalue weighted by molar-refractivity contribution is 0.0806. The third-order valence-electron chi connectivity index (χ3n) is 3.47. The van der Waals surface area contributed by atoms with E-state index in [1.54, 1.807) is 0 Å². The summed E-state index contributed by atoms with van der Waals surface area (Å²) in [7, 11) is 4.05. The van der Waals surface area contributed by atoms with Crippen molar-refractivity contribution in [1.82, 2.24) is 14.8 Å². The molecule has 1 aliphatic rings. The van der Waals surface area contributed by atoms with E-state index in [2.05, 4.69) is 14.8 Å². The van der Waals surface area contributed by atoms with E-state index in [-0.39, 0.29) is 17.4 Å². The molecular formula is C13H18FN3O.